The summed E-state index contributed by atoms with van der Waals surface area (Å²) in [5, 5.41) is 2.84. The largest absolute Gasteiger partial charge is 0.467 e. The fourth-order valence-corrected chi connectivity index (χ4v) is 3.66. The molecule has 1 aromatic heterocycles. The van der Waals surface area contributed by atoms with Crippen molar-refractivity contribution in [1.82, 2.24) is 20.0 Å². The summed E-state index contributed by atoms with van der Waals surface area (Å²) in [4.78, 5) is 31.6. The highest BCUT2D eigenvalue weighted by Gasteiger charge is 2.23. The Kier molecular flexibility index (Phi) is 9.59. The van der Waals surface area contributed by atoms with Gasteiger partial charge in [0.15, 0.2) is 0 Å². The zero-order valence-corrected chi connectivity index (χ0v) is 18.9. The Morgan fingerprint density at radius 3 is 2.50 bits per heavy atom. The summed E-state index contributed by atoms with van der Waals surface area (Å²) in [5.74, 6) is 0.634. The molecule has 174 valence electrons. The number of nitrogens with one attached hydrogen (secondary N) is 1. The fraction of sp³-hybridized carbons (Fsp3) is 0.500. The van der Waals surface area contributed by atoms with Crippen LogP contribution in [0, 0.1) is 0 Å². The molecule has 1 aromatic carbocycles. The molecule has 8 heteroatoms. The molecule has 2 aromatic rings. The van der Waals surface area contributed by atoms with Crippen LogP contribution < -0.4 is 5.32 Å². The molecule has 0 saturated carbocycles. The van der Waals surface area contributed by atoms with Crippen molar-refractivity contribution in [3.8, 4) is 0 Å². The molecule has 1 aliphatic rings. The van der Waals surface area contributed by atoms with E-state index in [2.05, 4.69) is 22.3 Å². The highest BCUT2D eigenvalue weighted by atomic mass is 16.5. The van der Waals surface area contributed by atoms with Crippen LogP contribution in [0.15, 0.2) is 53.1 Å². The minimum atomic E-state index is -0.213. The standard InChI is InChI=1S/C24H34N4O4/c1-2-25-24(30)28(13-12-26-14-17-31-18-15-26)20-23(29)27(19-22-9-6-16-32-22)11-10-21-7-4-3-5-8-21/h3-9,16H,2,10-15,17-20H2,1H3,(H,25,30). The summed E-state index contributed by atoms with van der Waals surface area (Å²) in [6.07, 6.45) is 2.35. The molecule has 1 fully saturated rings. The Bertz CT molecular complexity index is 807. The van der Waals surface area contributed by atoms with Gasteiger partial charge < -0.3 is 24.3 Å². The molecule has 0 unspecified atom stereocenters. The molecule has 1 N–H and O–H groups in total. The molecule has 8 nitrogen and oxygen atoms in total. The van der Waals surface area contributed by atoms with Gasteiger partial charge in [0.25, 0.3) is 0 Å². The minimum Gasteiger partial charge on any atom is -0.467 e. The van der Waals surface area contributed by atoms with Gasteiger partial charge in [-0.05, 0) is 31.0 Å². The van der Waals surface area contributed by atoms with Crippen LogP contribution in [0.3, 0.4) is 0 Å². The van der Waals surface area contributed by atoms with Gasteiger partial charge in [0, 0.05) is 39.3 Å². The average Bonchev–Trinajstić information content (AvgIpc) is 3.34. The summed E-state index contributed by atoms with van der Waals surface area (Å²) in [7, 11) is 0. The molecule has 0 radical (unpaired) electrons. The summed E-state index contributed by atoms with van der Waals surface area (Å²) < 4.78 is 10.9. The second-order valence-corrected chi connectivity index (χ2v) is 7.84. The third kappa shape index (κ3) is 7.69. The summed E-state index contributed by atoms with van der Waals surface area (Å²) in [6.45, 7) is 7.67. The van der Waals surface area contributed by atoms with Crippen molar-refractivity contribution in [3.05, 3.63) is 60.1 Å². The third-order valence-electron chi connectivity index (χ3n) is 5.52. The number of urea groups is 1. The molecule has 1 saturated heterocycles. The number of benzene rings is 1. The van der Waals surface area contributed by atoms with Crippen molar-refractivity contribution in [2.24, 2.45) is 0 Å². The maximum Gasteiger partial charge on any atom is 0.317 e. The van der Waals surface area contributed by atoms with Gasteiger partial charge in [-0.1, -0.05) is 30.3 Å². The predicted octanol–water partition coefficient (Wildman–Crippen LogP) is 2.21. The first kappa shape index (κ1) is 23.8. The molecule has 1 aliphatic heterocycles. The SMILES string of the molecule is CCNC(=O)N(CCN1CCOCC1)CC(=O)N(CCc1ccccc1)Cc1ccco1. The first-order valence-electron chi connectivity index (χ1n) is 11.3. The molecule has 0 aliphatic carbocycles. The van der Waals surface area contributed by atoms with Gasteiger partial charge in [-0.3, -0.25) is 9.69 Å². The van der Waals surface area contributed by atoms with Crippen molar-refractivity contribution in [1.29, 1.82) is 0 Å². The molecular weight excluding hydrogens is 408 g/mol. The summed E-state index contributed by atoms with van der Waals surface area (Å²) in [5.41, 5.74) is 1.16. The Hall–Kier alpha value is -2.84. The maximum atomic E-state index is 13.3. The molecule has 0 spiro atoms. The van der Waals surface area contributed by atoms with Crippen LogP contribution in [0.1, 0.15) is 18.2 Å². The quantitative estimate of drug-likeness (QED) is 0.577. The van der Waals surface area contributed by atoms with E-state index >= 15 is 0 Å². The van der Waals surface area contributed by atoms with Crippen molar-refractivity contribution in [2.45, 2.75) is 19.9 Å². The van der Waals surface area contributed by atoms with E-state index in [4.69, 9.17) is 9.15 Å². The molecule has 0 bridgehead atoms. The van der Waals surface area contributed by atoms with E-state index in [0.29, 0.717) is 39.4 Å². The van der Waals surface area contributed by atoms with Gasteiger partial charge in [0.05, 0.1) is 26.0 Å². The van der Waals surface area contributed by atoms with Crippen molar-refractivity contribution < 1.29 is 18.7 Å². The van der Waals surface area contributed by atoms with Crippen LogP contribution >= 0.6 is 0 Å². The smallest absolute Gasteiger partial charge is 0.317 e. The van der Waals surface area contributed by atoms with E-state index in [1.54, 1.807) is 16.1 Å². The monoisotopic (exact) mass is 442 g/mol. The predicted molar refractivity (Wildman–Crippen MR) is 122 cm³/mol. The van der Waals surface area contributed by atoms with E-state index in [9.17, 15) is 9.59 Å². The van der Waals surface area contributed by atoms with Crippen molar-refractivity contribution >= 4 is 11.9 Å². The van der Waals surface area contributed by atoms with E-state index in [1.807, 2.05) is 37.3 Å². The highest BCUT2D eigenvalue weighted by Crippen LogP contribution is 2.10. The second-order valence-electron chi connectivity index (χ2n) is 7.84. The third-order valence-corrected chi connectivity index (χ3v) is 5.52. The Morgan fingerprint density at radius 1 is 1.03 bits per heavy atom. The first-order chi connectivity index (χ1) is 15.7. The molecular formula is C24H34N4O4. The van der Waals surface area contributed by atoms with Gasteiger partial charge in [0.2, 0.25) is 5.91 Å². The lowest BCUT2D eigenvalue weighted by molar-refractivity contribution is -0.132. The molecule has 2 heterocycles. The van der Waals surface area contributed by atoms with E-state index in [1.165, 1.54) is 0 Å². The number of ether oxygens (including phenoxy) is 1. The molecule has 0 atom stereocenters. The Morgan fingerprint density at radius 2 is 1.81 bits per heavy atom. The molecule has 3 amide bonds. The van der Waals surface area contributed by atoms with E-state index < -0.39 is 0 Å². The number of amides is 3. The maximum absolute atomic E-state index is 13.3. The van der Waals surface area contributed by atoms with Crippen LogP contribution in [0.2, 0.25) is 0 Å². The van der Waals surface area contributed by atoms with Gasteiger partial charge in [0.1, 0.15) is 12.3 Å². The van der Waals surface area contributed by atoms with Gasteiger partial charge in [-0.25, -0.2) is 4.79 Å². The van der Waals surface area contributed by atoms with Gasteiger partial charge in [-0.15, -0.1) is 0 Å². The lowest BCUT2D eigenvalue weighted by Gasteiger charge is -2.31. The van der Waals surface area contributed by atoms with Crippen LogP contribution in [0.4, 0.5) is 4.79 Å². The Balaban J connectivity index is 1.63. The van der Waals surface area contributed by atoms with Crippen LogP contribution in [-0.2, 0) is 22.5 Å². The van der Waals surface area contributed by atoms with Gasteiger partial charge >= 0.3 is 6.03 Å². The average molecular weight is 443 g/mol. The van der Waals surface area contributed by atoms with Crippen LogP contribution in [0.5, 0.6) is 0 Å². The van der Waals surface area contributed by atoms with Gasteiger partial charge in [-0.2, -0.15) is 0 Å². The van der Waals surface area contributed by atoms with E-state index in [-0.39, 0.29) is 18.5 Å². The fourth-order valence-electron chi connectivity index (χ4n) is 3.66. The molecule has 32 heavy (non-hydrogen) atoms. The Labute approximate surface area is 190 Å². The summed E-state index contributed by atoms with van der Waals surface area (Å²) >= 11 is 0. The van der Waals surface area contributed by atoms with Crippen molar-refractivity contribution in [3.63, 3.8) is 0 Å². The zero-order valence-electron chi connectivity index (χ0n) is 18.9. The first-order valence-corrected chi connectivity index (χ1v) is 11.3. The molecule has 3 rings (SSSR count). The number of carbonyl (C=O) groups excluding carboxylic acids is 2. The number of furan rings is 1. The number of carbonyl (C=O) groups is 2. The lowest BCUT2D eigenvalue weighted by atomic mass is 10.1. The normalized spacial score (nSPS) is 14.2. The zero-order chi connectivity index (χ0) is 22.6. The number of rotatable bonds is 11. The number of hydrogen-bond donors (Lipinski definition) is 1. The van der Waals surface area contributed by atoms with Crippen molar-refractivity contribution in [2.75, 3.05) is 59.0 Å². The topological polar surface area (TPSA) is 78.3 Å². The number of morpholine rings is 1. The highest BCUT2D eigenvalue weighted by molar-refractivity contribution is 5.84. The second kappa shape index (κ2) is 12.9. The lowest BCUT2D eigenvalue weighted by Crippen LogP contribution is -2.50. The summed E-state index contributed by atoms with van der Waals surface area (Å²) in [6, 6.07) is 13.6. The van der Waals surface area contributed by atoms with E-state index in [0.717, 1.165) is 37.4 Å². The van der Waals surface area contributed by atoms with Crippen LogP contribution in [-0.4, -0.2) is 85.7 Å². The number of nitrogens with zero attached hydrogens (tertiary/aromatic N) is 3. The minimum absolute atomic E-state index is 0.0334. The van der Waals surface area contributed by atoms with Crippen LogP contribution in [0.25, 0.3) is 0 Å². The number of hydrogen-bond acceptors (Lipinski definition) is 5.